The Bertz CT molecular complexity index is 919. The Morgan fingerprint density at radius 1 is 0.857 bits per heavy atom. The lowest BCUT2D eigenvalue weighted by atomic mass is 10.2. The van der Waals surface area contributed by atoms with Crippen LogP contribution in [0.2, 0.25) is 0 Å². The SMILES string of the molecule is Cc1ccc(C(=O)Nc2ccc(N3CCN(c4ccccn4)CC3)nc2)nc1. The molecule has 142 valence electrons. The first kappa shape index (κ1) is 17.9. The molecular weight excluding hydrogens is 352 g/mol. The van der Waals surface area contributed by atoms with Crippen molar-refractivity contribution in [3.05, 3.63) is 72.3 Å². The molecule has 0 atom stereocenters. The Hall–Kier alpha value is -3.48. The van der Waals surface area contributed by atoms with Crippen LogP contribution in [0.1, 0.15) is 16.1 Å². The predicted octanol–water partition coefficient (Wildman–Crippen LogP) is 2.76. The van der Waals surface area contributed by atoms with Crippen molar-refractivity contribution in [2.24, 2.45) is 0 Å². The highest BCUT2D eigenvalue weighted by molar-refractivity contribution is 6.02. The molecule has 0 saturated carbocycles. The van der Waals surface area contributed by atoms with Gasteiger partial charge in [0.15, 0.2) is 0 Å². The number of nitrogens with one attached hydrogen (secondary N) is 1. The fourth-order valence-electron chi connectivity index (χ4n) is 3.15. The maximum Gasteiger partial charge on any atom is 0.274 e. The predicted molar refractivity (Wildman–Crippen MR) is 110 cm³/mol. The van der Waals surface area contributed by atoms with Gasteiger partial charge in [0.25, 0.3) is 5.91 Å². The lowest BCUT2D eigenvalue weighted by molar-refractivity contribution is 0.102. The van der Waals surface area contributed by atoms with E-state index in [9.17, 15) is 4.79 Å². The van der Waals surface area contributed by atoms with Gasteiger partial charge in [0.1, 0.15) is 17.3 Å². The Labute approximate surface area is 164 Å². The second-order valence-electron chi connectivity index (χ2n) is 6.74. The number of carbonyl (C=O) groups is 1. The number of piperazine rings is 1. The Morgan fingerprint density at radius 2 is 1.61 bits per heavy atom. The van der Waals surface area contributed by atoms with E-state index >= 15 is 0 Å². The van der Waals surface area contributed by atoms with Gasteiger partial charge in [-0.05, 0) is 42.8 Å². The summed E-state index contributed by atoms with van der Waals surface area (Å²) < 4.78 is 0. The van der Waals surface area contributed by atoms with Crippen LogP contribution in [0.25, 0.3) is 0 Å². The van der Waals surface area contributed by atoms with Gasteiger partial charge in [-0.15, -0.1) is 0 Å². The van der Waals surface area contributed by atoms with Crippen LogP contribution >= 0.6 is 0 Å². The van der Waals surface area contributed by atoms with Crippen LogP contribution in [-0.4, -0.2) is 47.0 Å². The minimum absolute atomic E-state index is 0.237. The van der Waals surface area contributed by atoms with Crippen molar-refractivity contribution in [2.45, 2.75) is 6.92 Å². The summed E-state index contributed by atoms with van der Waals surface area (Å²) in [5.74, 6) is 1.68. The Morgan fingerprint density at radius 3 is 2.18 bits per heavy atom. The van der Waals surface area contributed by atoms with E-state index in [4.69, 9.17) is 0 Å². The summed E-state index contributed by atoms with van der Waals surface area (Å²) >= 11 is 0. The van der Waals surface area contributed by atoms with Crippen LogP contribution in [-0.2, 0) is 0 Å². The summed E-state index contributed by atoms with van der Waals surface area (Å²) in [6, 6.07) is 13.4. The van der Waals surface area contributed by atoms with Gasteiger partial charge in [-0.2, -0.15) is 0 Å². The number of amides is 1. The summed E-state index contributed by atoms with van der Waals surface area (Å²) in [7, 11) is 0. The van der Waals surface area contributed by atoms with Crippen LogP contribution in [0.4, 0.5) is 17.3 Å². The molecule has 7 nitrogen and oxygen atoms in total. The summed E-state index contributed by atoms with van der Waals surface area (Å²) in [5.41, 5.74) is 2.06. The molecule has 4 heterocycles. The molecule has 0 radical (unpaired) electrons. The smallest absolute Gasteiger partial charge is 0.274 e. The lowest BCUT2D eigenvalue weighted by Gasteiger charge is -2.36. The van der Waals surface area contributed by atoms with Gasteiger partial charge >= 0.3 is 0 Å². The van der Waals surface area contributed by atoms with E-state index in [0.29, 0.717) is 11.4 Å². The first-order valence-corrected chi connectivity index (χ1v) is 9.30. The molecule has 0 bridgehead atoms. The molecule has 1 aliphatic rings. The molecule has 0 aliphatic carbocycles. The van der Waals surface area contributed by atoms with Gasteiger partial charge in [-0.1, -0.05) is 12.1 Å². The zero-order valence-electron chi connectivity index (χ0n) is 15.7. The number of anilines is 3. The summed E-state index contributed by atoms with van der Waals surface area (Å²) in [5, 5.41) is 2.84. The number of carbonyl (C=O) groups excluding carboxylic acids is 1. The number of hydrogen-bond acceptors (Lipinski definition) is 6. The third kappa shape index (κ3) is 4.09. The van der Waals surface area contributed by atoms with Crippen molar-refractivity contribution < 1.29 is 4.79 Å². The molecule has 7 heteroatoms. The number of rotatable bonds is 4. The summed E-state index contributed by atoms with van der Waals surface area (Å²) in [6.45, 7) is 5.49. The van der Waals surface area contributed by atoms with Crippen molar-refractivity contribution >= 4 is 23.2 Å². The highest BCUT2D eigenvalue weighted by Gasteiger charge is 2.19. The quantitative estimate of drug-likeness (QED) is 0.757. The van der Waals surface area contributed by atoms with E-state index in [-0.39, 0.29) is 5.91 Å². The monoisotopic (exact) mass is 374 g/mol. The number of aryl methyl sites for hydroxylation is 1. The number of pyridine rings is 3. The van der Waals surface area contributed by atoms with E-state index in [1.165, 1.54) is 0 Å². The molecular formula is C21H22N6O. The van der Waals surface area contributed by atoms with Gasteiger partial charge in [-0.25, -0.2) is 9.97 Å². The van der Waals surface area contributed by atoms with Gasteiger partial charge < -0.3 is 15.1 Å². The maximum atomic E-state index is 12.3. The fraction of sp³-hybridized carbons (Fsp3) is 0.238. The highest BCUT2D eigenvalue weighted by Crippen LogP contribution is 2.19. The third-order valence-electron chi connectivity index (χ3n) is 4.73. The van der Waals surface area contributed by atoms with Crippen LogP contribution in [0, 0.1) is 6.92 Å². The minimum atomic E-state index is -0.237. The van der Waals surface area contributed by atoms with Crippen LogP contribution < -0.4 is 15.1 Å². The van der Waals surface area contributed by atoms with Crippen molar-refractivity contribution in [1.29, 1.82) is 0 Å². The standard InChI is InChI=1S/C21H22N6O/c1-16-5-7-18(23-14-16)21(28)25-17-6-8-20(24-15-17)27-12-10-26(11-13-27)19-4-2-3-9-22-19/h2-9,14-15H,10-13H2,1H3,(H,25,28). The van der Waals surface area contributed by atoms with Crippen LogP contribution in [0.15, 0.2) is 61.1 Å². The highest BCUT2D eigenvalue weighted by atomic mass is 16.1. The third-order valence-corrected chi connectivity index (χ3v) is 4.73. The maximum absolute atomic E-state index is 12.3. The molecule has 1 saturated heterocycles. The Kier molecular flexibility index (Phi) is 5.14. The Balaban J connectivity index is 1.35. The molecule has 1 fully saturated rings. The van der Waals surface area contributed by atoms with Gasteiger partial charge in [0.05, 0.1) is 11.9 Å². The molecule has 0 spiro atoms. The largest absolute Gasteiger partial charge is 0.353 e. The molecule has 0 aromatic carbocycles. The van der Waals surface area contributed by atoms with Gasteiger partial charge in [0.2, 0.25) is 0 Å². The van der Waals surface area contributed by atoms with Crippen molar-refractivity contribution in [2.75, 3.05) is 41.3 Å². The van der Waals surface area contributed by atoms with Crippen molar-refractivity contribution in [3.8, 4) is 0 Å². The molecule has 3 aromatic heterocycles. The van der Waals surface area contributed by atoms with E-state index in [1.807, 2.05) is 49.5 Å². The van der Waals surface area contributed by atoms with E-state index < -0.39 is 0 Å². The zero-order chi connectivity index (χ0) is 19.3. The number of nitrogens with zero attached hydrogens (tertiary/aromatic N) is 5. The lowest BCUT2D eigenvalue weighted by Crippen LogP contribution is -2.47. The summed E-state index contributed by atoms with van der Waals surface area (Å²) in [6.07, 6.45) is 5.19. The first-order valence-electron chi connectivity index (χ1n) is 9.30. The second kappa shape index (κ2) is 8.04. The van der Waals surface area contributed by atoms with Gasteiger partial charge in [-0.3, -0.25) is 9.78 Å². The molecule has 4 rings (SSSR count). The first-order chi connectivity index (χ1) is 13.7. The molecule has 28 heavy (non-hydrogen) atoms. The summed E-state index contributed by atoms with van der Waals surface area (Å²) in [4.78, 5) is 29.9. The molecule has 3 aromatic rings. The molecule has 1 aliphatic heterocycles. The van der Waals surface area contributed by atoms with Gasteiger partial charge in [0, 0.05) is 38.6 Å². The minimum Gasteiger partial charge on any atom is -0.353 e. The van der Waals surface area contributed by atoms with Crippen molar-refractivity contribution in [3.63, 3.8) is 0 Å². The molecule has 1 amide bonds. The van der Waals surface area contributed by atoms with E-state index in [0.717, 1.165) is 43.4 Å². The average molecular weight is 374 g/mol. The van der Waals surface area contributed by atoms with Crippen LogP contribution in [0.5, 0.6) is 0 Å². The molecule has 1 N–H and O–H groups in total. The zero-order valence-corrected chi connectivity index (χ0v) is 15.7. The van der Waals surface area contributed by atoms with E-state index in [2.05, 4.69) is 30.1 Å². The average Bonchev–Trinajstić information content (AvgIpc) is 2.75. The van der Waals surface area contributed by atoms with Crippen LogP contribution in [0.3, 0.4) is 0 Å². The number of aromatic nitrogens is 3. The van der Waals surface area contributed by atoms with Crippen molar-refractivity contribution in [1.82, 2.24) is 15.0 Å². The topological polar surface area (TPSA) is 74.2 Å². The van der Waals surface area contributed by atoms with E-state index in [1.54, 1.807) is 18.5 Å². The molecule has 0 unspecified atom stereocenters. The fourth-order valence-corrected chi connectivity index (χ4v) is 3.15. The second-order valence-corrected chi connectivity index (χ2v) is 6.74. The number of hydrogen-bond donors (Lipinski definition) is 1. The normalized spacial score (nSPS) is 14.0.